The van der Waals surface area contributed by atoms with Crippen LogP contribution in [0.3, 0.4) is 0 Å². The van der Waals surface area contributed by atoms with Crippen LogP contribution in [0.4, 0.5) is 18.9 Å². The van der Waals surface area contributed by atoms with Gasteiger partial charge in [-0.2, -0.15) is 0 Å². The second kappa shape index (κ2) is 10.5. The fourth-order valence-corrected chi connectivity index (χ4v) is 5.33. The second-order valence-electron chi connectivity index (χ2n) is 8.98. The summed E-state index contributed by atoms with van der Waals surface area (Å²) >= 11 is 1.43. The van der Waals surface area contributed by atoms with E-state index in [1.54, 1.807) is 29.3 Å². The lowest BCUT2D eigenvalue weighted by Gasteiger charge is -2.39. The van der Waals surface area contributed by atoms with Crippen LogP contribution in [0.1, 0.15) is 28.8 Å². The van der Waals surface area contributed by atoms with Crippen LogP contribution in [0, 0.1) is 0 Å². The molecule has 1 aliphatic heterocycles. The number of para-hydroxylation sites is 2. The molecule has 0 aliphatic carbocycles. The van der Waals surface area contributed by atoms with Gasteiger partial charge in [-0.05, 0) is 67.3 Å². The third-order valence-corrected chi connectivity index (χ3v) is 7.39. The van der Waals surface area contributed by atoms with Crippen molar-refractivity contribution in [1.29, 1.82) is 0 Å². The van der Waals surface area contributed by atoms with Crippen molar-refractivity contribution in [3.05, 3.63) is 96.2 Å². The lowest BCUT2D eigenvalue weighted by molar-refractivity contribution is -0.275. The fraction of sp³-hybridized carbons (Fsp3) is 0.214. The molecule has 38 heavy (non-hydrogen) atoms. The van der Waals surface area contributed by atoms with E-state index in [0.29, 0.717) is 5.56 Å². The molecule has 2 heterocycles. The number of hydrogen-bond donors (Lipinski definition) is 2. The molecule has 0 radical (unpaired) electrons. The zero-order valence-corrected chi connectivity index (χ0v) is 20.9. The molecule has 0 atom stereocenters. The molecular formula is C28H24F3N3O3S. The predicted molar refractivity (Wildman–Crippen MR) is 140 cm³/mol. The number of pyridine rings is 1. The standard InChI is InChI=1S/C28H24F3N3O3S/c29-28(30,31)37-23-8-2-1-7-22(23)27(36)14-17-34(18-15-27)26(35)20-10-12-21(13-11-20)33-38-24-9-3-5-19-6-4-16-32-25(19)24/h1-13,16,33,36H,14-15,17-18H2. The Bertz CT molecular complexity index is 1430. The highest BCUT2D eigenvalue weighted by Gasteiger charge is 2.40. The molecular weight excluding hydrogens is 515 g/mol. The Hall–Kier alpha value is -3.76. The van der Waals surface area contributed by atoms with Crippen LogP contribution >= 0.6 is 11.9 Å². The van der Waals surface area contributed by atoms with E-state index in [-0.39, 0.29) is 37.4 Å². The van der Waals surface area contributed by atoms with Gasteiger partial charge in [-0.15, -0.1) is 13.2 Å². The predicted octanol–water partition coefficient (Wildman–Crippen LogP) is 6.38. The molecule has 0 spiro atoms. The van der Waals surface area contributed by atoms with Crippen LogP contribution in [0.2, 0.25) is 0 Å². The molecule has 5 rings (SSSR count). The van der Waals surface area contributed by atoms with Gasteiger partial charge in [0.25, 0.3) is 5.91 Å². The Kier molecular flexibility index (Phi) is 7.18. The molecule has 10 heteroatoms. The van der Waals surface area contributed by atoms with Crippen molar-refractivity contribution in [3.63, 3.8) is 0 Å². The summed E-state index contributed by atoms with van der Waals surface area (Å²) in [6, 6.07) is 22.5. The van der Waals surface area contributed by atoms with E-state index in [2.05, 4.69) is 14.4 Å². The number of piperidine rings is 1. The third kappa shape index (κ3) is 5.71. The summed E-state index contributed by atoms with van der Waals surface area (Å²) in [5.74, 6) is -0.633. The highest BCUT2D eigenvalue weighted by molar-refractivity contribution is 8.00. The van der Waals surface area contributed by atoms with E-state index in [1.807, 2.05) is 42.5 Å². The summed E-state index contributed by atoms with van der Waals surface area (Å²) in [7, 11) is 0. The molecule has 3 aromatic carbocycles. The number of aliphatic hydroxyl groups is 1. The number of likely N-dealkylation sites (tertiary alicyclic amines) is 1. The Labute approximate surface area is 221 Å². The van der Waals surface area contributed by atoms with Crippen molar-refractivity contribution in [1.82, 2.24) is 9.88 Å². The topological polar surface area (TPSA) is 74.7 Å². The number of aromatic nitrogens is 1. The number of ether oxygens (including phenoxy) is 1. The van der Waals surface area contributed by atoms with E-state index in [1.165, 1.54) is 30.1 Å². The number of benzene rings is 3. The van der Waals surface area contributed by atoms with Gasteiger partial charge in [0.1, 0.15) is 5.75 Å². The van der Waals surface area contributed by atoms with Crippen LogP contribution in [-0.2, 0) is 5.60 Å². The van der Waals surface area contributed by atoms with Crippen LogP contribution in [-0.4, -0.2) is 40.3 Å². The minimum Gasteiger partial charge on any atom is -0.405 e. The van der Waals surface area contributed by atoms with Crippen molar-refractivity contribution in [2.24, 2.45) is 0 Å². The molecule has 196 valence electrons. The lowest BCUT2D eigenvalue weighted by atomic mass is 9.83. The van der Waals surface area contributed by atoms with Crippen LogP contribution in [0.15, 0.2) is 90.0 Å². The number of alkyl halides is 3. The molecule has 1 aliphatic rings. The zero-order chi connectivity index (χ0) is 26.8. The van der Waals surface area contributed by atoms with E-state index in [9.17, 15) is 23.1 Å². The average Bonchev–Trinajstić information content (AvgIpc) is 2.91. The first-order valence-corrected chi connectivity index (χ1v) is 12.8. The van der Waals surface area contributed by atoms with Gasteiger partial charge in [0.15, 0.2) is 0 Å². The van der Waals surface area contributed by atoms with E-state index < -0.39 is 17.7 Å². The number of halogens is 3. The molecule has 0 unspecified atom stereocenters. The van der Waals surface area contributed by atoms with Gasteiger partial charge in [0.2, 0.25) is 0 Å². The Morgan fingerprint density at radius 3 is 2.42 bits per heavy atom. The molecule has 0 bridgehead atoms. The number of nitrogens with one attached hydrogen (secondary N) is 1. The monoisotopic (exact) mass is 539 g/mol. The number of amides is 1. The van der Waals surface area contributed by atoms with Crippen LogP contribution in [0.5, 0.6) is 5.75 Å². The van der Waals surface area contributed by atoms with Crippen molar-refractivity contribution < 1.29 is 27.8 Å². The number of nitrogens with zero attached hydrogens (tertiary/aromatic N) is 2. The minimum atomic E-state index is -4.87. The SMILES string of the molecule is O=C(c1ccc(NSc2cccc3cccnc23)cc1)N1CCC(O)(c2ccccc2OC(F)(F)F)CC1. The highest BCUT2D eigenvalue weighted by Crippen LogP contribution is 2.40. The summed E-state index contributed by atoms with van der Waals surface area (Å²) in [6.45, 7) is 0.388. The fourth-order valence-electron chi connectivity index (χ4n) is 4.55. The van der Waals surface area contributed by atoms with E-state index >= 15 is 0 Å². The number of carbonyl (C=O) groups excluding carboxylic acids is 1. The van der Waals surface area contributed by atoms with E-state index in [4.69, 9.17) is 0 Å². The normalized spacial score (nSPS) is 15.3. The van der Waals surface area contributed by atoms with Gasteiger partial charge in [0, 0.05) is 41.5 Å². The Balaban J connectivity index is 1.21. The molecule has 1 amide bonds. The number of anilines is 1. The first-order chi connectivity index (χ1) is 18.2. The smallest absolute Gasteiger partial charge is 0.405 e. The Morgan fingerprint density at radius 1 is 0.974 bits per heavy atom. The van der Waals surface area contributed by atoms with Gasteiger partial charge in [-0.3, -0.25) is 9.78 Å². The Morgan fingerprint density at radius 2 is 1.68 bits per heavy atom. The van der Waals surface area contributed by atoms with Gasteiger partial charge in [-0.25, -0.2) is 0 Å². The van der Waals surface area contributed by atoms with Crippen molar-refractivity contribution in [3.8, 4) is 5.75 Å². The summed E-state index contributed by atoms with van der Waals surface area (Å²) in [4.78, 5) is 20.1. The van der Waals surface area contributed by atoms with Gasteiger partial charge in [-0.1, -0.05) is 36.4 Å². The largest absolute Gasteiger partial charge is 0.573 e. The van der Waals surface area contributed by atoms with Crippen LogP contribution in [0.25, 0.3) is 10.9 Å². The zero-order valence-electron chi connectivity index (χ0n) is 20.1. The summed E-state index contributed by atoms with van der Waals surface area (Å²) in [5, 5.41) is 12.2. The van der Waals surface area contributed by atoms with E-state index in [0.717, 1.165) is 21.5 Å². The number of fused-ring (bicyclic) bond motifs is 1. The maximum absolute atomic E-state index is 13.1. The number of rotatable bonds is 6. The minimum absolute atomic E-state index is 0.0683. The van der Waals surface area contributed by atoms with Gasteiger partial charge >= 0.3 is 6.36 Å². The first-order valence-electron chi connectivity index (χ1n) is 12.0. The molecule has 6 nitrogen and oxygen atoms in total. The third-order valence-electron chi connectivity index (χ3n) is 6.50. The van der Waals surface area contributed by atoms with Crippen molar-refractivity contribution in [2.75, 3.05) is 17.8 Å². The summed E-state index contributed by atoms with van der Waals surface area (Å²) in [5.41, 5.74) is 0.739. The maximum Gasteiger partial charge on any atom is 0.573 e. The van der Waals surface area contributed by atoms with Gasteiger partial charge < -0.3 is 19.5 Å². The molecule has 0 saturated carbocycles. The quantitative estimate of drug-likeness (QED) is 0.277. The summed E-state index contributed by atoms with van der Waals surface area (Å²) in [6.07, 6.45) is -2.93. The highest BCUT2D eigenvalue weighted by atomic mass is 32.2. The van der Waals surface area contributed by atoms with Crippen molar-refractivity contribution >= 4 is 34.4 Å². The lowest BCUT2D eigenvalue weighted by Crippen LogP contribution is -2.45. The second-order valence-corrected chi connectivity index (χ2v) is 9.83. The van der Waals surface area contributed by atoms with Crippen LogP contribution < -0.4 is 9.46 Å². The number of carbonyl (C=O) groups is 1. The molecule has 4 aromatic rings. The number of hydrogen-bond acceptors (Lipinski definition) is 6. The first kappa shape index (κ1) is 25.9. The molecule has 1 aromatic heterocycles. The summed E-state index contributed by atoms with van der Waals surface area (Å²) < 4.78 is 45.9. The molecule has 2 N–H and O–H groups in total. The maximum atomic E-state index is 13.1. The van der Waals surface area contributed by atoms with Crippen molar-refractivity contribution in [2.45, 2.75) is 29.7 Å². The van der Waals surface area contributed by atoms with Gasteiger partial charge in [0.05, 0.1) is 16.0 Å². The molecule has 1 fully saturated rings. The molecule has 1 saturated heterocycles. The average molecular weight is 540 g/mol.